The molecular formula is C20H20N4O2. The van der Waals surface area contributed by atoms with Crippen LogP contribution in [0.4, 0.5) is 0 Å². The van der Waals surface area contributed by atoms with E-state index < -0.39 is 0 Å². The summed E-state index contributed by atoms with van der Waals surface area (Å²) in [6.45, 7) is 2.05. The number of amides is 2. The Hall–Kier alpha value is -3.20. The first-order chi connectivity index (χ1) is 12.7. The topological polar surface area (TPSA) is 86.1 Å². The van der Waals surface area contributed by atoms with E-state index in [4.69, 9.17) is 5.26 Å². The number of hydrogen-bond donors (Lipinski definition) is 1. The minimum Gasteiger partial charge on any atom is -0.352 e. The molecule has 0 bridgehead atoms. The molecule has 3 rings (SSSR count). The number of carbonyl (C=O) groups is 2. The van der Waals surface area contributed by atoms with E-state index in [9.17, 15) is 9.59 Å². The maximum absolute atomic E-state index is 12.2. The maximum Gasteiger partial charge on any atom is 0.251 e. The summed E-state index contributed by atoms with van der Waals surface area (Å²) in [5, 5.41) is 12.0. The van der Waals surface area contributed by atoms with E-state index >= 15 is 0 Å². The van der Waals surface area contributed by atoms with Crippen molar-refractivity contribution in [3.05, 3.63) is 53.9 Å². The highest BCUT2D eigenvalue weighted by molar-refractivity contribution is 5.94. The second-order valence-electron chi connectivity index (χ2n) is 6.18. The molecular weight excluding hydrogens is 328 g/mol. The van der Waals surface area contributed by atoms with Gasteiger partial charge >= 0.3 is 0 Å². The van der Waals surface area contributed by atoms with Gasteiger partial charge < -0.3 is 10.2 Å². The van der Waals surface area contributed by atoms with Gasteiger partial charge in [-0.25, -0.2) is 4.98 Å². The SMILES string of the molecule is N#Cc1ncccc1-c1ccc(C(=O)NCCCN2CCCC2=O)cc1. The van der Waals surface area contributed by atoms with Gasteiger partial charge in [0.1, 0.15) is 11.8 Å². The van der Waals surface area contributed by atoms with Crippen LogP contribution in [-0.4, -0.2) is 41.3 Å². The number of hydrogen-bond acceptors (Lipinski definition) is 4. The molecule has 6 nitrogen and oxygen atoms in total. The number of benzene rings is 1. The lowest BCUT2D eigenvalue weighted by Crippen LogP contribution is -2.30. The molecule has 0 atom stereocenters. The van der Waals surface area contributed by atoms with Gasteiger partial charge in [0.2, 0.25) is 5.91 Å². The second-order valence-corrected chi connectivity index (χ2v) is 6.18. The van der Waals surface area contributed by atoms with Crippen molar-refractivity contribution in [2.24, 2.45) is 0 Å². The van der Waals surface area contributed by atoms with E-state index in [0.717, 1.165) is 30.5 Å². The van der Waals surface area contributed by atoms with Crippen LogP contribution in [-0.2, 0) is 4.79 Å². The Labute approximate surface area is 152 Å². The Morgan fingerprint density at radius 2 is 2.08 bits per heavy atom. The third kappa shape index (κ3) is 4.06. The van der Waals surface area contributed by atoms with Crippen LogP contribution in [0, 0.1) is 11.3 Å². The lowest BCUT2D eigenvalue weighted by molar-refractivity contribution is -0.127. The molecule has 26 heavy (non-hydrogen) atoms. The van der Waals surface area contributed by atoms with Crippen LogP contribution >= 0.6 is 0 Å². The molecule has 1 saturated heterocycles. The van der Waals surface area contributed by atoms with Crippen LogP contribution in [0.2, 0.25) is 0 Å². The highest BCUT2D eigenvalue weighted by atomic mass is 16.2. The minimum atomic E-state index is -0.143. The molecule has 2 aromatic rings. The molecule has 0 unspecified atom stereocenters. The minimum absolute atomic E-state index is 0.143. The van der Waals surface area contributed by atoms with Crippen molar-refractivity contribution in [3.63, 3.8) is 0 Å². The number of aromatic nitrogens is 1. The third-order valence-electron chi connectivity index (χ3n) is 4.43. The quantitative estimate of drug-likeness (QED) is 0.812. The first kappa shape index (κ1) is 17.6. The summed E-state index contributed by atoms with van der Waals surface area (Å²) in [6, 6.07) is 12.8. The summed E-state index contributed by atoms with van der Waals surface area (Å²) in [7, 11) is 0. The molecule has 2 heterocycles. The van der Waals surface area contributed by atoms with Crippen LogP contribution in [0.1, 0.15) is 35.3 Å². The van der Waals surface area contributed by atoms with Gasteiger partial charge in [-0.3, -0.25) is 9.59 Å². The van der Waals surface area contributed by atoms with Crippen molar-refractivity contribution in [2.75, 3.05) is 19.6 Å². The number of pyridine rings is 1. The number of nitriles is 1. The van der Waals surface area contributed by atoms with Gasteiger partial charge in [-0.2, -0.15) is 5.26 Å². The predicted molar refractivity (Wildman–Crippen MR) is 97.2 cm³/mol. The molecule has 1 N–H and O–H groups in total. The van der Waals surface area contributed by atoms with Crippen molar-refractivity contribution < 1.29 is 9.59 Å². The Morgan fingerprint density at radius 1 is 1.27 bits per heavy atom. The van der Waals surface area contributed by atoms with Gasteiger partial charge in [0.15, 0.2) is 0 Å². The van der Waals surface area contributed by atoms with E-state index in [1.807, 2.05) is 23.1 Å². The fourth-order valence-electron chi connectivity index (χ4n) is 3.04. The molecule has 132 valence electrons. The predicted octanol–water partition coefficient (Wildman–Crippen LogP) is 2.36. The monoisotopic (exact) mass is 348 g/mol. The van der Waals surface area contributed by atoms with Crippen molar-refractivity contribution in [1.82, 2.24) is 15.2 Å². The Morgan fingerprint density at radius 3 is 2.77 bits per heavy atom. The smallest absolute Gasteiger partial charge is 0.251 e. The Bertz CT molecular complexity index is 840. The molecule has 1 aliphatic heterocycles. The van der Waals surface area contributed by atoms with Crippen molar-refractivity contribution >= 4 is 11.8 Å². The molecule has 0 radical (unpaired) electrons. The normalized spacial score (nSPS) is 13.5. The van der Waals surface area contributed by atoms with E-state index in [1.54, 1.807) is 24.4 Å². The number of carbonyl (C=O) groups excluding carboxylic acids is 2. The fourth-order valence-corrected chi connectivity index (χ4v) is 3.04. The van der Waals surface area contributed by atoms with Crippen LogP contribution in [0.3, 0.4) is 0 Å². The molecule has 1 aliphatic rings. The highest BCUT2D eigenvalue weighted by Gasteiger charge is 2.19. The lowest BCUT2D eigenvalue weighted by Gasteiger charge is -2.15. The standard InChI is InChI=1S/C20H20N4O2/c21-14-18-17(4-1-10-22-18)15-6-8-16(9-7-15)20(26)23-11-3-13-24-12-2-5-19(24)25/h1,4,6-10H,2-3,5,11-13H2,(H,23,26). The molecule has 0 aliphatic carbocycles. The van der Waals surface area contributed by atoms with Gasteiger partial charge in [0.05, 0.1) is 0 Å². The molecule has 6 heteroatoms. The second kappa shape index (κ2) is 8.26. The van der Waals surface area contributed by atoms with Crippen LogP contribution in [0.5, 0.6) is 0 Å². The van der Waals surface area contributed by atoms with E-state index in [-0.39, 0.29) is 11.8 Å². The molecule has 0 spiro atoms. The van der Waals surface area contributed by atoms with E-state index in [0.29, 0.717) is 30.8 Å². The first-order valence-electron chi connectivity index (χ1n) is 8.70. The summed E-state index contributed by atoms with van der Waals surface area (Å²) in [4.78, 5) is 29.7. The average molecular weight is 348 g/mol. The zero-order chi connectivity index (χ0) is 18.4. The molecule has 0 saturated carbocycles. The largest absolute Gasteiger partial charge is 0.352 e. The number of nitrogens with zero attached hydrogens (tertiary/aromatic N) is 3. The van der Waals surface area contributed by atoms with Crippen molar-refractivity contribution in [2.45, 2.75) is 19.3 Å². The molecule has 1 aromatic carbocycles. The van der Waals surface area contributed by atoms with Gasteiger partial charge in [0, 0.05) is 43.4 Å². The number of rotatable bonds is 6. The first-order valence-corrected chi connectivity index (χ1v) is 8.70. The van der Waals surface area contributed by atoms with Crippen LogP contribution in [0.25, 0.3) is 11.1 Å². The number of likely N-dealkylation sites (tertiary alicyclic amines) is 1. The third-order valence-corrected chi connectivity index (χ3v) is 4.43. The molecule has 1 fully saturated rings. The molecule has 1 aromatic heterocycles. The van der Waals surface area contributed by atoms with Crippen molar-refractivity contribution in [1.29, 1.82) is 5.26 Å². The summed E-state index contributed by atoms with van der Waals surface area (Å²) in [5.74, 6) is 0.0649. The van der Waals surface area contributed by atoms with Gasteiger partial charge in [-0.1, -0.05) is 12.1 Å². The molecule has 2 amide bonds. The average Bonchev–Trinajstić information content (AvgIpc) is 3.10. The van der Waals surface area contributed by atoms with Gasteiger partial charge in [0.25, 0.3) is 5.91 Å². The van der Waals surface area contributed by atoms with E-state index in [1.165, 1.54) is 0 Å². The maximum atomic E-state index is 12.2. The van der Waals surface area contributed by atoms with Crippen molar-refractivity contribution in [3.8, 4) is 17.2 Å². The highest BCUT2D eigenvalue weighted by Crippen LogP contribution is 2.22. The summed E-state index contributed by atoms with van der Waals surface area (Å²) < 4.78 is 0. The fraction of sp³-hybridized carbons (Fsp3) is 0.300. The summed E-state index contributed by atoms with van der Waals surface area (Å²) in [6.07, 6.45) is 3.90. The Balaban J connectivity index is 1.54. The van der Waals surface area contributed by atoms with Crippen LogP contribution < -0.4 is 5.32 Å². The Kier molecular flexibility index (Phi) is 5.59. The lowest BCUT2D eigenvalue weighted by atomic mass is 10.0. The summed E-state index contributed by atoms with van der Waals surface area (Å²) >= 11 is 0. The van der Waals surface area contributed by atoms with Gasteiger partial charge in [-0.05, 0) is 42.7 Å². The summed E-state index contributed by atoms with van der Waals surface area (Å²) in [5.41, 5.74) is 2.52. The number of nitrogens with one attached hydrogen (secondary N) is 1. The van der Waals surface area contributed by atoms with Crippen LogP contribution in [0.15, 0.2) is 42.6 Å². The van der Waals surface area contributed by atoms with Gasteiger partial charge in [-0.15, -0.1) is 0 Å². The zero-order valence-corrected chi connectivity index (χ0v) is 14.4. The van der Waals surface area contributed by atoms with E-state index in [2.05, 4.69) is 16.4 Å². The zero-order valence-electron chi connectivity index (χ0n) is 14.4.